The molecule has 2 fully saturated rings. The van der Waals surface area contributed by atoms with Crippen LogP contribution in [0.15, 0.2) is 36.4 Å². The van der Waals surface area contributed by atoms with Gasteiger partial charge in [0, 0.05) is 18.8 Å². The number of carbonyl (C=O) groups excluding carboxylic acids is 3. The van der Waals surface area contributed by atoms with Crippen molar-refractivity contribution in [3.8, 4) is 0 Å². The van der Waals surface area contributed by atoms with E-state index in [9.17, 15) is 60.3 Å². The molecule has 0 aromatic heterocycles. The Hall–Kier alpha value is -3.60. The number of piperidine rings is 1. The average molecular weight is 622 g/mol. The highest BCUT2D eigenvalue weighted by atomic mass is 19.1. The first kappa shape index (κ1) is 31.8. The lowest BCUT2D eigenvalue weighted by Crippen LogP contribution is -2.80. The normalized spacial score (nSPS) is 24.5. The Kier molecular flexibility index (Phi) is 7.39. The number of aliphatic hydroxyl groups is 9. The predicted octanol–water partition coefficient (Wildman–Crippen LogP) is -5.96. The lowest BCUT2D eigenvalue weighted by Gasteiger charge is -2.47. The van der Waals surface area contributed by atoms with Crippen molar-refractivity contribution in [2.24, 2.45) is 0 Å². The van der Waals surface area contributed by atoms with Gasteiger partial charge in [0.2, 0.25) is 0 Å². The number of hydrogen-bond donors (Lipinski definition) is 11. The van der Waals surface area contributed by atoms with Gasteiger partial charge in [0.15, 0.2) is 13.9 Å². The fourth-order valence-electron chi connectivity index (χ4n) is 5.52. The van der Waals surface area contributed by atoms with Crippen LogP contribution in [0.1, 0.15) is 27.0 Å². The van der Waals surface area contributed by atoms with Gasteiger partial charge in [0.1, 0.15) is 11.4 Å². The lowest BCUT2D eigenvalue weighted by atomic mass is 9.81. The third-order valence-corrected chi connectivity index (χ3v) is 7.97. The van der Waals surface area contributed by atoms with Crippen molar-refractivity contribution < 1.29 is 69.5 Å². The number of halogens is 1. The molecule has 2 aromatic rings. The number of hydrogen-bond acceptors (Lipinski definition) is 15. The van der Waals surface area contributed by atoms with E-state index in [0.29, 0.717) is 26.3 Å². The average Bonchev–Trinajstić information content (AvgIpc) is 3.13. The van der Waals surface area contributed by atoms with Crippen LogP contribution in [0.25, 0.3) is 0 Å². The highest BCUT2D eigenvalue weighted by molar-refractivity contribution is 6.14. The molecule has 0 spiro atoms. The second kappa shape index (κ2) is 10.2. The van der Waals surface area contributed by atoms with E-state index < -0.39 is 81.0 Å². The molecule has 5 rings (SSSR count). The molecule has 19 heteroatoms. The smallest absolute Gasteiger partial charge is 0.303 e. The molecule has 3 amide bonds. The minimum atomic E-state index is -4.18. The molecule has 17 nitrogen and oxygen atoms in total. The highest BCUT2D eigenvalue weighted by Crippen LogP contribution is 2.45. The summed E-state index contributed by atoms with van der Waals surface area (Å²) in [7, 11) is 1.42. The second-order valence-corrected chi connectivity index (χ2v) is 10.8. The van der Waals surface area contributed by atoms with E-state index in [-0.39, 0.29) is 10.5 Å². The molecule has 236 valence electrons. The van der Waals surface area contributed by atoms with Crippen molar-refractivity contribution in [1.82, 2.24) is 15.1 Å². The largest absolute Gasteiger partial charge is 0.380 e. The number of morpholine rings is 1. The Morgan fingerprint density at radius 2 is 1.64 bits per heavy atom. The van der Waals surface area contributed by atoms with E-state index in [2.05, 4.69) is 5.32 Å². The zero-order valence-corrected chi connectivity index (χ0v) is 22.8. The Morgan fingerprint density at radius 1 is 1.00 bits per heavy atom. The Morgan fingerprint density at radius 3 is 2.25 bits per heavy atom. The summed E-state index contributed by atoms with van der Waals surface area (Å²) in [5, 5.41) is 99.0. The Labute approximate surface area is 247 Å². The molecule has 11 N–H and O–H groups in total. The van der Waals surface area contributed by atoms with E-state index >= 15 is 4.39 Å². The van der Waals surface area contributed by atoms with E-state index in [0.717, 1.165) is 30.3 Å². The van der Waals surface area contributed by atoms with Crippen molar-refractivity contribution in [3.63, 3.8) is 0 Å². The molecule has 0 aliphatic carbocycles. The van der Waals surface area contributed by atoms with Gasteiger partial charge in [-0.15, -0.1) is 0 Å². The van der Waals surface area contributed by atoms with E-state index in [4.69, 9.17) is 4.74 Å². The van der Waals surface area contributed by atoms with Crippen molar-refractivity contribution in [3.05, 3.63) is 64.5 Å². The van der Waals surface area contributed by atoms with Crippen molar-refractivity contribution in [2.75, 3.05) is 31.6 Å². The topological polar surface area (TPSA) is 273 Å². The van der Waals surface area contributed by atoms with Crippen LogP contribution in [-0.4, -0.2) is 125 Å². The molecular weight excluding hydrogens is 594 g/mol. The number of amides is 3. The number of fused-ring (bicyclic) bond motifs is 1. The summed E-state index contributed by atoms with van der Waals surface area (Å²) in [6, 6.07) is 3.16. The van der Waals surface area contributed by atoms with Crippen LogP contribution in [0.3, 0.4) is 0 Å². The molecule has 2 saturated heterocycles. The lowest BCUT2D eigenvalue weighted by molar-refractivity contribution is -0.373. The number of nitrogens with one attached hydrogen (secondary N) is 2. The van der Waals surface area contributed by atoms with Crippen molar-refractivity contribution in [2.45, 2.75) is 35.1 Å². The zero-order chi connectivity index (χ0) is 32.6. The summed E-state index contributed by atoms with van der Waals surface area (Å²) in [6.07, 6.45) is 0. The van der Waals surface area contributed by atoms with Gasteiger partial charge in [-0.3, -0.25) is 29.5 Å². The fourth-order valence-corrected chi connectivity index (χ4v) is 5.52. The van der Waals surface area contributed by atoms with Gasteiger partial charge in [-0.1, -0.05) is 12.1 Å². The first-order valence-electron chi connectivity index (χ1n) is 13.0. The number of rotatable bonds is 6. The SMILES string of the molecule is BC(O)(c1ccc(C(O)(O)Nc2cccc3c2C(O)(O)N(C2C(=O)NC(=O)C(O)(O)C2(O)O)C3=O)c(F)c1)N1CCOCC1. The van der Waals surface area contributed by atoms with Crippen molar-refractivity contribution in [1.29, 1.82) is 0 Å². The minimum Gasteiger partial charge on any atom is -0.380 e. The second-order valence-electron chi connectivity index (χ2n) is 10.8. The third kappa shape index (κ3) is 4.66. The molecule has 0 radical (unpaired) electrons. The quantitative estimate of drug-likeness (QED) is 0.0813. The molecule has 2 aromatic carbocycles. The summed E-state index contributed by atoms with van der Waals surface area (Å²) in [5.74, 6) is -21.8. The molecule has 2 unspecified atom stereocenters. The van der Waals surface area contributed by atoms with Gasteiger partial charge >= 0.3 is 5.79 Å². The number of ether oxygens (including phenoxy) is 1. The van der Waals surface area contributed by atoms with E-state index in [1.807, 2.05) is 0 Å². The molecular formula is C25H28BFN4O13. The number of imide groups is 1. The zero-order valence-electron chi connectivity index (χ0n) is 22.8. The molecule has 0 saturated carbocycles. The van der Waals surface area contributed by atoms with Gasteiger partial charge < -0.3 is 56.0 Å². The van der Waals surface area contributed by atoms with Crippen LogP contribution in [0, 0.1) is 5.82 Å². The van der Waals surface area contributed by atoms with Crippen LogP contribution >= 0.6 is 0 Å². The van der Waals surface area contributed by atoms with Crippen LogP contribution in [0.5, 0.6) is 0 Å². The molecule has 44 heavy (non-hydrogen) atoms. The Balaban J connectivity index is 1.49. The van der Waals surface area contributed by atoms with Crippen molar-refractivity contribution >= 4 is 31.3 Å². The summed E-state index contributed by atoms with van der Waals surface area (Å²) in [6.45, 7) is 1.34. The number of carbonyl (C=O) groups is 3. The maximum atomic E-state index is 15.3. The standard InChI is InChI=1S/C25H28BFN4O13/c26-23(39,30-6-8-44-9-7-30)11-4-5-13(14(27)10-11)24(40,41)29-15-3-1-2-12-16(15)25(42,43)31(19(12)33)17-18(32)28-20(34)22(37,38)21(17,35)36/h1-5,10,17,29,35-43H,6-9,26H2,(H,28,32,34). The maximum absolute atomic E-state index is 15.3. The number of benzene rings is 2. The number of anilines is 1. The van der Waals surface area contributed by atoms with Gasteiger partial charge in [0.25, 0.3) is 35.3 Å². The first-order chi connectivity index (χ1) is 20.3. The summed E-state index contributed by atoms with van der Waals surface area (Å²) >= 11 is 0. The Bertz CT molecular complexity index is 1540. The minimum absolute atomic E-state index is 0.0626. The first-order valence-corrected chi connectivity index (χ1v) is 13.0. The monoisotopic (exact) mass is 622 g/mol. The van der Waals surface area contributed by atoms with Gasteiger partial charge in [-0.05, 0) is 29.8 Å². The van der Waals surface area contributed by atoms with Gasteiger partial charge in [0.05, 0.1) is 29.9 Å². The highest BCUT2D eigenvalue weighted by Gasteiger charge is 2.70. The molecule has 3 aliphatic heterocycles. The van der Waals surface area contributed by atoms with Gasteiger partial charge in [-0.2, -0.15) is 0 Å². The van der Waals surface area contributed by atoms with Crippen LogP contribution in [0.4, 0.5) is 10.1 Å². The summed E-state index contributed by atoms with van der Waals surface area (Å²) in [5.41, 5.74) is -4.60. The maximum Gasteiger partial charge on any atom is 0.303 e. The summed E-state index contributed by atoms with van der Waals surface area (Å²) in [4.78, 5) is 39.0. The number of nitrogens with zero attached hydrogens (tertiary/aromatic N) is 2. The predicted molar refractivity (Wildman–Crippen MR) is 141 cm³/mol. The van der Waals surface area contributed by atoms with Gasteiger partial charge in [-0.25, -0.2) is 4.39 Å². The molecule has 3 heterocycles. The molecule has 2 atom stereocenters. The van der Waals surface area contributed by atoms with E-state index in [1.165, 1.54) is 19.2 Å². The molecule has 3 aliphatic rings. The fraction of sp³-hybridized carbons (Fsp3) is 0.400. The molecule has 0 bridgehead atoms. The van der Waals surface area contributed by atoms with Crippen LogP contribution in [0.2, 0.25) is 0 Å². The van der Waals surface area contributed by atoms with Crippen LogP contribution in [-0.2, 0) is 31.8 Å². The van der Waals surface area contributed by atoms with E-state index in [1.54, 1.807) is 4.90 Å². The summed E-state index contributed by atoms with van der Waals surface area (Å²) < 4.78 is 20.6. The third-order valence-electron chi connectivity index (χ3n) is 7.97. The van der Waals surface area contributed by atoms with Crippen LogP contribution < -0.4 is 10.6 Å².